The number of nitrogens with one attached hydrogen (secondary N) is 1. The lowest BCUT2D eigenvalue weighted by Gasteiger charge is -2.12. The van der Waals surface area contributed by atoms with Crippen molar-refractivity contribution in [1.82, 2.24) is 5.32 Å². The van der Waals surface area contributed by atoms with Gasteiger partial charge in [0, 0.05) is 16.7 Å². The Morgan fingerprint density at radius 1 is 1.47 bits per heavy atom. The molecule has 0 aliphatic heterocycles. The molecule has 0 bridgehead atoms. The summed E-state index contributed by atoms with van der Waals surface area (Å²) in [6.07, 6.45) is 0. The summed E-state index contributed by atoms with van der Waals surface area (Å²) >= 11 is 1.53. The monoisotopic (exact) mass is 227 g/mol. The minimum Gasteiger partial charge on any atom is -0.479 e. The molecule has 1 aromatic heterocycles. The van der Waals surface area contributed by atoms with E-state index in [1.54, 1.807) is 6.07 Å². The van der Waals surface area contributed by atoms with Crippen molar-refractivity contribution in [2.45, 2.75) is 26.8 Å². The molecule has 82 valence electrons. The standard InChI is InChI=1S/C10H13NO3S/c1-5-4-8(6(2)15-5)9(10(13)14)11-7(3)12/h4,9H,1-3H3,(H,11,12)(H,13,14). The molecule has 5 heteroatoms. The molecule has 1 atom stereocenters. The van der Waals surface area contributed by atoms with E-state index < -0.39 is 12.0 Å². The number of carboxylic acids is 1. The Kier molecular flexibility index (Phi) is 3.47. The van der Waals surface area contributed by atoms with Crippen molar-refractivity contribution in [3.05, 3.63) is 21.4 Å². The summed E-state index contributed by atoms with van der Waals surface area (Å²) in [7, 11) is 0. The quantitative estimate of drug-likeness (QED) is 0.824. The predicted molar refractivity (Wildman–Crippen MR) is 58.0 cm³/mol. The summed E-state index contributed by atoms with van der Waals surface area (Å²) in [6, 6.07) is 0.863. The van der Waals surface area contributed by atoms with Crippen molar-refractivity contribution in [2.24, 2.45) is 0 Å². The number of carboxylic acid groups (broad SMARTS) is 1. The second-order valence-corrected chi connectivity index (χ2v) is 4.80. The lowest BCUT2D eigenvalue weighted by atomic mass is 10.1. The van der Waals surface area contributed by atoms with Gasteiger partial charge in [0.05, 0.1) is 0 Å². The van der Waals surface area contributed by atoms with Gasteiger partial charge in [0.25, 0.3) is 0 Å². The molecule has 15 heavy (non-hydrogen) atoms. The highest BCUT2D eigenvalue weighted by Crippen LogP contribution is 2.26. The molecular formula is C10H13NO3S. The van der Waals surface area contributed by atoms with Gasteiger partial charge in [-0.1, -0.05) is 0 Å². The first kappa shape index (κ1) is 11.7. The van der Waals surface area contributed by atoms with E-state index in [-0.39, 0.29) is 5.91 Å². The summed E-state index contributed by atoms with van der Waals surface area (Å²) in [5.74, 6) is -1.38. The third-order valence-electron chi connectivity index (χ3n) is 1.98. The van der Waals surface area contributed by atoms with Crippen molar-refractivity contribution in [2.75, 3.05) is 0 Å². The molecule has 0 fully saturated rings. The number of carbonyl (C=O) groups excluding carboxylic acids is 1. The molecule has 0 saturated heterocycles. The third kappa shape index (κ3) is 2.79. The number of hydrogen-bond acceptors (Lipinski definition) is 3. The summed E-state index contributed by atoms with van der Waals surface area (Å²) < 4.78 is 0. The number of aryl methyl sites for hydroxylation is 2. The number of thiophene rings is 1. The van der Waals surface area contributed by atoms with Crippen LogP contribution in [0.25, 0.3) is 0 Å². The van der Waals surface area contributed by atoms with Gasteiger partial charge in [-0.25, -0.2) is 4.79 Å². The van der Waals surface area contributed by atoms with Gasteiger partial charge in [-0.3, -0.25) is 4.79 Å². The Morgan fingerprint density at radius 2 is 2.07 bits per heavy atom. The van der Waals surface area contributed by atoms with Crippen LogP contribution in [0.4, 0.5) is 0 Å². The maximum Gasteiger partial charge on any atom is 0.330 e. The number of hydrogen-bond donors (Lipinski definition) is 2. The summed E-state index contributed by atoms with van der Waals surface area (Å²) in [5, 5.41) is 11.4. The highest BCUT2D eigenvalue weighted by atomic mass is 32.1. The van der Waals surface area contributed by atoms with Crippen molar-refractivity contribution in [1.29, 1.82) is 0 Å². The fraction of sp³-hybridized carbons (Fsp3) is 0.400. The number of amides is 1. The molecule has 0 aromatic carbocycles. The predicted octanol–water partition coefficient (Wildman–Crippen LogP) is 1.63. The first-order valence-corrected chi connectivity index (χ1v) is 5.30. The van der Waals surface area contributed by atoms with Crippen LogP contribution in [-0.2, 0) is 9.59 Å². The first-order valence-electron chi connectivity index (χ1n) is 4.48. The van der Waals surface area contributed by atoms with Crippen LogP contribution in [0, 0.1) is 13.8 Å². The lowest BCUT2D eigenvalue weighted by Crippen LogP contribution is -2.32. The van der Waals surface area contributed by atoms with Gasteiger partial charge in [-0.15, -0.1) is 11.3 Å². The Hall–Kier alpha value is -1.36. The van der Waals surface area contributed by atoms with Gasteiger partial charge < -0.3 is 10.4 Å². The molecule has 4 nitrogen and oxygen atoms in total. The van der Waals surface area contributed by atoms with Crippen LogP contribution in [-0.4, -0.2) is 17.0 Å². The van der Waals surface area contributed by atoms with Crippen LogP contribution in [0.15, 0.2) is 6.07 Å². The topological polar surface area (TPSA) is 66.4 Å². The molecule has 0 saturated carbocycles. The van der Waals surface area contributed by atoms with Gasteiger partial charge >= 0.3 is 5.97 Å². The molecule has 0 spiro atoms. The largest absolute Gasteiger partial charge is 0.479 e. The SMILES string of the molecule is CC(=O)NC(C(=O)O)c1cc(C)sc1C. The number of aliphatic carboxylic acids is 1. The molecule has 1 heterocycles. The van der Waals surface area contributed by atoms with Gasteiger partial charge in [0.2, 0.25) is 5.91 Å². The molecule has 0 aliphatic carbocycles. The molecule has 1 rings (SSSR count). The van der Waals surface area contributed by atoms with Crippen molar-refractivity contribution >= 4 is 23.2 Å². The third-order valence-corrected chi connectivity index (χ3v) is 2.97. The Balaban J connectivity index is 3.03. The number of rotatable bonds is 3. The molecule has 1 aromatic rings. The van der Waals surface area contributed by atoms with Gasteiger partial charge in [0.15, 0.2) is 6.04 Å². The molecular weight excluding hydrogens is 214 g/mol. The fourth-order valence-electron chi connectivity index (χ4n) is 1.41. The second-order valence-electron chi connectivity index (χ2n) is 3.34. The van der Waals surface area contributed by atoms with E-state index in [2.05, 4.69) is 5.32 Å². The molecule has 0 radical (unpaired) electrons. The maximum atomic E-state index is 11.0. The maximum absolute atomic E-state index is 11.0. The lowest BCUT2D eigenvalue weighted by molar-refractivity contribution is -0.141. The molecule has 2 N–H and O–H groups in total. The summed E-state index contributed by atoms with van der Waals surface area (Å²) in [4.78, 5) is 23.8. The van der Waals surface area contributed by atoms with Crippen LogP contribution >= 0.6 is 11.3 Å². The first-order chi connectivity index (χ1) is 6.91. The van der Waals surface area contributed by atoms with Crippen molar-refractivity contribution in [3.63, 3.8) is 0 Å². The average molecular weight is 227 g/mol. The van der Waals surface area contributed by atoms with E-state index in [4.69, 9.17) is 5.11 Å². The smallest absolute Gasteiger partial charge is 0.330 e. The van der Waals surface area contributed by atoms with Crippen molar-refractivity contribution in [3.8, 4) is 0 Å². The van der Waals surface area contributed by atoms with E-state index in [0.29, 0.717) is 5.56 Å². The van der Waals surface area contributed by atoms with E-state index in [1.165, 1.54) is 18.3 Å². The van der Waals surface area contributed by atoms with E-state index in [1.807, 2.05) is 13.8 Å². The fourth-order valence-corrected chi connectivity index (χ4v) is 2.38. The number of carbonyl (C=O) groups is 2. The van der Waals surface area contributed by atoms with Crippen molar-refractivity contribution < 1.29 is 14.7 Å². The van der Waals surface area contributed by atoms with Gasteiger partial charge in [-0.2, -0.15) is 0 Å². The minimum atomic E-state index is -1.04. The normalized spacial score (nSPS) is 12.2. The minimum absolute atomic E-state index is 0.342. The zero-order valence-corrected chi connectivity index (χ0v) is 9.64. The van der Waals surface area contributed by atoms with E-state index >= 15 is 0 Å². The molecule has 1 amide bonds. The van der Waals surface area contributed by atoms with Crippen LogP contribution in [0.3, 0.4) is 0 Å². The molecule has 1 unspecified atom stereocenters. The zero-order chi connectivity index (χ0) is 11.6. The Bertz CT molecular complexity index is 397. The van der Waals surface area contributed by atoms with Crippen LogP contribution in [0.2, 0.25) is 0 Å². The Morgan fingerprint density at radius 3 is 2.40 bits per heavy atom. The average Bonchev–Trinajstić information content (AvgIpc) is 2.40. The van der Waals surface area contributed by atoms with E-state index in [0.717, 1.165) is 9.75 Å². The Labute approximate surface area is 91.9 Å². The van der Waals surface area contributed by atoms with E-state index in [9.17, 15) is 9.59 Å². The van der Waals surface area contributed by atoms with Crippen LogP contribution < -0.4 is 5.32 Å². The zero-order valence-electron chi connectivity index (χ0n) is 8.83. The van der Waals surface area contributed by atoms with Gasteiger partial charge in [-0.05, 0) is 25.5 Å². The van der Waals surface area contributed by atoms with Gasteiger partial charge in [0.1, 0.15) is 0 Å². The molecule has 0 aliphatic rings. The highest BCUT2D eigenvalue weighted by molar-refractivity contribution is 7.12. The highest BCUT2D eigenvalue weighted by Gasteiger charge is 2.23. The second kappa shape index (κ2) is 4.44. The summed E-state index contributed by atoms with van der Waals surface area (Å²) in [6.45, 7) is 5.07. The van der Waals surface area contributed by atoms with Crippen LogP contribution in [0.1, 0.15) is 28.3 Å². The van der Waals surface area contributed by atoms with Crippen LogP contribution in [0.5, 0.6) is 0 Å². The summed E-state index contributed by atoms with van der Waals surface area (Å²) in [5.41, 5.74) is 0.667.